The summed E-state index contributed by atoms with van der Waals surface area (Å²) in [6.07, 6.45) is 1.36. The van der Waals surface area contributed by atoms with Gasteiger partial charge in [-0.3, -0.25) is 19.3 Å². The van der Waals surface area contributed by atoms with Crippen LogP contribution in [-0.4, -0.2) is 49.4 Å². The quantitative estimate of drug-likeness (QED) is 0.686. The van der Waals surface area contributed by atoms with Gasteiger partial charge in [-0.05, 0) is 43.6 Å². The molecule has 1 aliphatic rings. The van der Waals surface area contributed by atoms with E-state index >= 15 is 0 Å². The summed E-state index contributed by atoms with van der Waals surface area (Å²) < 4.78 is 4.79. The summed E-state index contributed by atoms with van der Waals surface area (Å²) in [5.41, 5.74) is 1.91. The Morgan fingerprint density at radius 1 is 1.00 bits per heavy atom. The molecule has 3 rings (SSSR count). The lowest BCUT2D eigenvalue weighted by molar-refractivity contribution is -0.147. The fourth-order valence-electron chi connectivity index (χ4n) is 3.55. The van der Waals surface area contributed by atoms with Crippen LogP contribution in [0.15, 0.2) is 54.6 Å². The number of carbonyl (C=O) groups is 3. The van der Waals surface area contributed by atoms with E-state index in [1.54, 1.807) is 24.3 Å². The number of likely N-dealkylation sites (tertiary alicyclic amines) is 1. The van der Waals surface area contributed by atoms with Gasteiger partial charge in [0.15, 0.2) is 0 Å². The number of benzene rings is 2. The van der Waals surface area contributed by atoms with Gasteiger partial charge in [0, 0.05) is 6.54 Å². The number of para-hydroxylation sites is 1. The fourth-order valence-corrected chi connectivity index (χ4v) is 3.55. The molecule has 1 aliphatic heterocycles. The van der Waals surface area contributed by atoms with Gasteiger partial charge in [0.2, 0.25) is 5.91 Å². The molecule has 2 amide bonds. The zero-order chi connectivity index (χ0) is 21.3. The minimum Gasteiger partial charge on any atom is -0.469 e. The van der Waals surface area contributed by atoms with Crippen LogP contribution in [0.2, 0.25) is 0 Å². The molecular formula is C23H27N3O4. The molecular weight excluding hydrogens is 382 g/mol. The number of anilines is 1. The Hall–Kier alpha value is -3.19. The van der Waals surface area contributed by atoms with Crippen molar-refractivity contribution in [1.29, 1.82) is 0 Å². The second-order valence-corrected chi connectivity index (χ2v) is 7.34. The third kappa shape index (κ3) is 5.90. The first-order chi connectivity index (χ1) is 14.6. The van der Waals surface area contributed by atoms with Gasteiger partial charge in [-0.15, -0.1) is 0 Å². The zero-order valence-electron chi connectivity index (χ0n) is 17.1. The predicted octanol–water partition coefficient (Wildman–Crippen LogP) is 2.44. The minimum atomic E-state index is -0.242. The van der Waals surface area contributed by atoms with Gasteiger partial charge in [-0.1, -0.05) is 42.5 Å². The summed E-state index contributed by atoms with van der Waals surface area (Å²) in [6.45, 7) is 1.95. The van der Waals surface area contributed by atoms with Gasteiger partial charge in [-0.25, -0.2) is 0 Å². The Morgan fingerprint density at radius 2 is 1.67 bits per heavy atom. The van der Waals surface area contributed by atoms with Crippen LogP contribution in [0.1, 0.15) is 28.8 Å². The number of hydrogen-bond donors (Lipinski definition) is 2. The van der Waals surface area contributed by atoms with Crippen molar-refractivity contribution in [2.75, 3.05) is 32.1 Å². The van der Waals surface area contributed by atoms with Crippen LogP contribution in [0.3, 0.4) is 0 Å². The van der Waals surface area contributed by atoms with Gasteiger partial charge in [0.05, 0.1) is 30.8 Å². The molecule has 0 saturated carbocycles. The number of nitrogens with zero attached hydrogens (tertiary/aromatic N) is 1. The van der Waals surface area contributed by atoms with E-state index in [9.17, 15) is 14.4 Å². The third-order valence-electron chi connectivity index (χ3n) is 5.23. The van der Waals surface area contributed by atoms with Crippen molar-refractivity contribution < 1.29 is 19.1 Å². The van der Waals surface area contributed by atoms with Crippen LogP contribution in [0.4, 0.5) is 5.69 Å². The first kappa shape index (κ1) is 21.5. The summed E-state index contributed by atoms with van der Waals surface area (Å²) in [6, 6.07) is 16.6. The number of methoxy groups -OCH3 is 1. The highest BCUT2D eigenvalue weighted by Crippen LogP contribution is 2.19. The van der Waals surface area contributed by atoms with Gasteiger partial charge in [0.25, 0.3) is 5.91 Å². The molecule has 0 bridgehead atoms. The lowest BCUT2D eigenvalue weighted by Gasteiger charge is -2.30. The van der Waals surface area contributed by atoms with Crippen molar-refractivity contribution in [3.05, 3.63) is 65.7 Å². The van der Waals surface area contributed by atoms with Crippen molar-refractivity contribution >= 4 is 23.5 Å². The topological polar surface area (TPSA) is 87.7 Å². The van der Waals surface area contributed by atoms with E-state index in [0.717, 1.165) is 5.56 Å². The van der Waals surface area contributed by atoms with E-state index in [1.165, 1.54) is 7.11 Å². The highest BCUT2D eigenvalue weighted by Gasteiger charge is 2.26. The molecule has 1 fully saturated rings. The highest BCUT2D eigenvalue weighted by atomic mass is 16.5. The smallest absolute Gasteiger partial charge is 0.308 e. The van der Waals surface area contributed by atoms with Gasteiger partial charge < -0.3 is 15.4 Å². The number of amides is 2. The van der Waals surface area contributed by atoms with Crippen molar-refractivity contribution in [1.82, 2.24) is 10.2 Å². The summed E-state index contributed by atoms with van der Waals surface area (Å²) in [7, 11) is 1.40. The monoisotopic (exact) mass is 409 g/mol. The molecule has 1 saturated heterocycles. The maximum Gasteiger partial charge on any atom is 0.308 e. The second-order valence-electron chi connectivity index (χ2n) is 7.34. The van der Waals surface area contributed by atoms with Crippen molar-refractivity contribution in [2.24, 2.45) is 5.92 Å². The highest BCUT2D eigenvalue weighted by molar-refractivity contribution is 6.04. The average molecular weight is 409 g/mol. The minimum absolute atomic E-state index is 0.0941. The van der Waals surface area contributed by atoms with Crippen LogP contribution in [-0.2, 0) is 20.9 Å². The van der Waals surface area contributed by atoms with E-state index in [-0.39, 0.29) is 30.2 Å². The van der Waals surface area contributed by atoms with E-state index in [4.69, 9.17) is 4.74 Å². The normalized spacial score (nSPS) is 14.7. The molecule has 30 heavy (non-hydrogen) atoms. The van der Waals surface area contributed by atoms with E-state index < -0.39 is 0 Å². The first-order valence-corrected chi connectivity index (χ1v) is 10.1. The second kappa shape index (κ2) is 10.5. The van der Waals surface area contributed by atoms with Crippen LogP contribution < -0.4 is 10.6 Å². The Bertz CT molecular complexity index is 877. The average Bonchev–Trinajstić information content (AvgIpc) is 2.78. The number of ether oxygens (including phenoxy) is 1. The van der Waals surface area contributed by atoms with Crippen molar-refractivity contribution in [3.8, 4) is 0 Å². The maximum absolute atomic E-state index is 12.6. The van der Waals surface area contributed by atoms with E-state index in [2.05, 4.69) is 10.6 Å². The maximum atomic E-state index is 12.6. The molecule has 7 heteroatoms. The lowest BCUT2D eigenvalue weighted by Crippen LogP contribution is -2.41. The summed E-state index contributed by atoms with van der Waals surface area (Å²) in [5, 5.41) is 5.74. The molecule has 1 heterocycles. The van der Waals surface area contributed by atoms with Crippen molar-refractivity contribution in [3.63, 3.8) is 0 Å². The predicted molar refractivity (Wildman–Crippen MR) is 114 cm³/mol. The van der Waals surface area contributed by atoms with Crippen molar-refractivity contribution in [2.45, 2.75) is 19.4 Å². The molecule has 0 radical (unpaired) electrons. The fraction of sp³-hybridized carbons (Fsp3) is 0.348. The molecule has 2 aromatic rings. The summed E-state index contributed by atoms with van der Waals surface area (Å²) in [4.78, 5) is 38.8. The van der Waals surface area contributed by atoms with E-state index in [0.29, 0.717) is 43.7 Å². The van der Waals surface area contributed by atoms with Gasteiger partial charge >= 0.3 is 5.97 Å². The number of carbonyl (C=O) groups excluding carboxylic acids is 3. The zero-order valence-corrected chi connectivity index (χ0v) is 17.1. The Morgan fingerprint density at radius 3 is 2.37 bits per heavy atom. The molecule has 2 N–H and O–H groups in total. The molecule has 0 aliphatic carbocycles. The number of esters is 1. The molecule has 7 nitrogen and oxygen atoms in total. The number of nitrogens with one attached hydrogen (secondary N) is 2. The van der Waals surface area contributed by atoms with Crippen LogP contribution in [0.5, 0.6) is 0 Å². The van der Waals surface area contributed by atoms with Crippen LogP contribution in [0, 0.1) is 5.92 Å². The number of rotatable bonds is 7. The Kier molecular flexibility index (Phi) is 7.57. The molecule has 0 atom stereocenters. The standard InChI is InChI=1S/C23H27N3O4/c1-30-23(29)18-11-13-26(14-12-18)16-21(27)25-20-10-6-5-9-19(20)22(28)24-15-17-7-3-2-4-8-17/h2-10,18H,11-16H2,1H3,(H,24,28)(H,25,27). The van der Waals surface area contributed by atoms with Crippen LogP contribution in [0.25, 0.3) is 0 Å². The number of piperidine rings is 1. The SMILES string of the molecule is COC(=O)C1CCN(CC(=O)Nc2ccccc2C(=O)NCc2ccccc2)CC1. The number of hydrogen-bond acceptors (Lipinski definition) is 5. The molecule has 2 aromatic carbocycles. The van der Waals surface area contributed by atoms with Gasteiger partial charge in [0.1, 0.15) is 0 Å². The van der Waals surface area contributed by atoms with E-state index in [1.807, 2.05) is 35.2 Å². The third-order valence-corrected chi connectivity index (χ3v) is 5.23. The molecule has 0 spiro atoms. The summed E-state index contributed by atoms with van der Waals surface area (Å²) in [5.74, 6) is -0.707. The molecule has 0 aromatic heterocycles. The molecule has 158 valence electrons. The van der Waals surface area contributed by atoms with Crippen LogP contribution >= 0.6 is 0 Å². The largest absolute Gasteiger partial charge is 0.469 e. The lowest BCUT2D eigenvalue weighted by atomic mass is 9.97. The molecule has 0 unspecified atom stereocenters. The van der Waals surface area contributed by atoms with Gasteiger partial charge in [-0.2, -0.15) is 0 Å². The Balaban J connectivity index is 1.53. The first-order valence-electron chi connectivity index (χ1n) is 10.1. The Labute approximate surface area is 176 Å². The summed E-state index contributed by atoms with van der Waals surface area (Å²) >= 11 is 0.